The number of aromatic nitrogens is 8. The number of hydrogen-bond donors (Lipinski definition) is 2. The van der Waals surface area contributed by atoms with E-state index >= 15 is 4.39 Å². The number of H-pyrrole nitrogens is 2. The second-order valence-corrected chi connectivity index (χ2v) is 11.5. The van der Waals surface area contributed by atoms with Crippen LogP contribution in [0.5, 0.6) is 0 Å². The molecule has 7 rings (SSSR count). The minimum absolute atomic E-state index is 0.0941. The Balaban J connectivity index is 1.74. The van der Waals surface area contributed by atoms with Gasteiger partial charge in [0.25, 0.3) is 0 Å². The first kappa shape index (κ1) is 22.7. The Morgan fingerprint density at radius 3 is 2.74 bits per heavy atom. The van der Waals surface area contributed by atoms with Crippen molar-refractivity contribution in [3.63, 3.8) is 0 Å². The molecule has 0 unspecified atom stereocenters. The Bertz CT molecular complexity index is 2150. The van der Waals surface area contributed by atoms with Crippen LogP contribution in [0.4, 0.5) is 4.39 Å². The van der Waals surface area contributed by atoms with E-state index in [4.69, 9.17) is 4.98 Å². The Kier molecular flexibility index (Phi) is 4.77. The molecule has 38 heavy (non-hydrogen) atoms. The van der Waals surface area contributed by atoms with E-state index in [9.17, 15) is 4.79 Å². The molecule has 188 valence electrons. The average molecular weight is 525 g/mol. The van der Waals surface area contributed by atoms with Gasteiger partial charge in [0.15, 0.2) is 11.5 Å². The third-order valence-electron chi connectivity index (χ3n) is 6.40. The van der Waals surface area contributed by atoms with Crippen LogP contribution in [0.2, 0.25) is 0 Å². The summed E-state index contributed by atoms with van der Waals surface area (Å²) in [6, 6.07) is 7.39. The number of thiophene rings is 1. The number of halogens is 1. The van der Waals surface area contributed by atoms with Crippen molar-refractivity contribution in [1.29, 1.82) is 0 Å². The SMILES string of the molecule is CC(C)(C)CC(=O)n1c2cncc(c2)c2ncc3[nH]nc(c4nc5c(ccnc5c5ccc1s5)[nH]4)c3c2F. The van der Waals surface area contributed by atoms with Gasteiger partial charge in [0.1, 0.15) is 26.9 Å². The van der Waals surface area contributed by atoms with E-state index in [1.165, 1.54) is 11.3 Å². The third-order valence-corrected chi connectivity index (χ3v) is 7.48. The van der Waals surface area contributed by atoms with Crippen LogP contribution in [0.3, 0.4) is 0 Å². The molecule has 0 amide bonds. The Labute approximate surface area is 218 Å². The number of carbonyl (C=O) groups is 1. The molecule has 0 aromatic carbocycles. The van der Waals surface area contributed by atoms with Crippen molar-refractivity contribution < 1.29 is 9.18 Å². The molecule has 0 saturated carbocycles. The van der Waals surface area contributed by atoms with Gasteiger partial charge >= 0.3 is 0 Å². The number of fused-ring (bicyclic) bond motifs is 9. The number of rotatable bonds is 1. The molecule has 0 fully saturated rings. The Hall–Kier alpha value is -4.51. The van der Waals surface area contributed by atoms with Gasteiger partial charge in [-0.15, -0.1) is 11.3 Å². The van der Waals surface area contributed by atoms with Crippen LogP contribution in [-0.2, 0) is 0 Å². The maximum absolute atomic E-state index is 16.1. The van der Waals surface area contributed by atoms with Crippen LogP contribution >= 0.6 is 11.3 Å². The van der Waals surface area contributed by atoms with Gasteiger partial charge in [0, 0.05) is 24.2 Å². The molecule has 0 radical (unpaired) electrons. The number of nitrogens with one attached hydrogen (secondary N) is 2. The lowest BCUT2D eigenvalue weighted by molar-refractivity contribution is 0.0867. The molecule has 0 saturated heterocycles. The third kappa shape index (κ3) is 3.50. The second kappa shape index (κ2) is 7.99. The molecule has 7 aromatic rings. The summed E-state index contributed by atoms with van der Waals surface area (Å²) >= 11 is 1.43. The zero-order valence-electron chi connectivity index (χ0n) is 20.7. The predicted octanol–water partition coefficient (Wildman–Crippen LogP) is 6.44. The fourth-order valence-electron chi connectivity index (χ4n) is 4.76. The summed E-state index contributed by atoms with van der Waals surface area (Å²) in [5, 5.41) is 7.94. The number of aromatic amines is 2. The summed E-state index contributed by atoms with van der Waals surface area (Å²) < 4.78 is 18.6. The van der Waals surface area contributed by atoms with Crippen molar-refractivity contribution in [2.75, 3.05) is 0 Å². The van der Waals surface area contributed by atoms with E-state index in [-0.39, 0.29) is 22.2 Å². The second-order valence-electron chi connectivity index (χ2n) is 10.5. The number of carbonyl (C=O) groups excluding carboxylic acids is 1. The number of nitrogens with zero attached hydrogens (tertiary/aromatic N) is 6. The van der Waals surface area contributed by atoms with E-state index in [1.54, 1.807) is 35.4 Å². The zero-order valence-corrected chi connectivity index (χ0v) is 21.5. The maximum atomic E-state index is 16.1. The van der Waals surface area contributed by atoms with E-state index in [0.717, 1.165) is 10.2 Å². The van der Waals surface area contributed by atoms with Crippen LogP contribution in [0.15, 0.2) is 49.1 Å². The van der Waals surface area contributed by atoms with Gasteiger partial charge in [0.2, 0.25) is 5.91 Å². The lowest BCUT2D eigenvalue weighted by Crippen LogP contribution is -2.19. The molecule has 0 aliphatic rings. The van der Waals surface area contributed by atoms with Crippen molar-refractivity contribution in [3.05, 3.63) is 54.9 Å². The number of hydrogen-bond acceptors (Lipinski definition) is 7. The molecule has 2 N–H and O–H groups in total. The molecule has 7 heterocycles. The van der Waals surface area contributed by atoms with Gasteiger partial charge < -0.3 is 4.98 Å². The van der Waals surface area contributed by atoms with Crippen LogP contribution in [0.25, 0.3) is 64.6 Å². The van der Waals surface area contributed by atoms with Crippen molar-refractivity contribution in [1.82, 2.24) is 39.7 Å². The van der Waals surface area contributed by atoms with Crippen LogP contribution in [-0.4, -0.2) is 45.6 Å². The van der Waals surface area contributed by atoms with Crippen molar-refractivity contribution in [2.45, 2.75) is 27.2 Å². The summed E-state index contributed by atoms with van der Waals surface area (Å²) in [5.41, 5.74) is 3.63. The topological polar surface area (TPSA) is 118 Å². The van der Waals surface area contributed by atoms with Gasteiger partial charge in [-0.25, -0.2) is 9.37 Å². The molecule has 0 aliphatic carbocycles. The molecule has 7 aromatic heterocycles. The maximum Gasteiger partial charge on any atom is 0.232 e. The average Bonchev–Trinajstić information content (AvgIpc) is 3.61. The van der Waals surface area contributed by atoms with Crippen LogP contribution in [0, 0.1) is 11.2 Å². The van der Waals surface area contributed by atoms with E-state index < -0.39 is 5.82 Å². The standard InChI is InChI=1S/C27H21FN8OS/c1-27(2,3)9-18(37)36-14-8-13(10-29-11-14)22-21(28)20-16(12-31-22)34-35-25(20)26-32-15-6-7-30-24(23(15)33-26)17-4-5-19(36)38-17/h4-8,10-12H,9H2,1-3H3,(H,32,33)(H,34,35). The van der Waals surface area contributed by atoms with Crippen molar-refractivity contribution in [3.8, 4) is 0 Å². The van der Waals surface area contributed by atoms with E-state index in [1.807, 2.05) is 39.0 Å². The predicted molar refractivity (Wildman–Crippen MR) is 147 cm³/mol. The highest BCUT2D eigenvalue weighted by molar-refractivity contribution is 7.24. The van der Waals surface area contributed by atoms with Gasteiger partial charge in [-0.05, 0) is 29.7 Å². The molecule has 0 aliphatic heterocycles. The van der Waals surface area contributed by atoms with Gasteiger partial charge in [0.05, 0.1) is 39.0 Å². The van der Waals surface area contributed by atoms with E-state index in [0.29, 0.717) is 49.9 Å². The van der Waals surface area contributed by atoms with Gasteiger partial charge in [-0.1, -0.05) is 20.8 Å². The summed E-state index contributed by atoms with van der Waals surface area (Å²) in [6.07, 6.45) is 6.70. The summed E-state index contributed by atoms with van der Waals surface area (Å²) in [4.78, 5) is 35.8. The fraction of sp³-hybridized carbons (Fsp3) is 0.185. The number of imidazole rings is 1. The van der Waals surface area contributed by atoms with Crippen molar-refractivity contribution in [2.24, 2.45) is 5.41 Å². The summed E-state index contributed by atoms with van der Waals surface area (Å²) in [6.45, 7) is 6.05. The number of pyridine rings is 3. The first-order valence-electron chi connectivity index (χ1n) is 12.0. The lowest BCUT2D eigenvalue weighted by atomic mass is 9.92. The highest BCUT2D eigenvalue weighted by Gasteiger charge is 2.20. The Morgan fingerprint density at radius 1 is 1.03 bits per heavy atom. The minimum Gasteiger partial charge on any atom is -0.336 e. The summed E-state index contributed by atoms with van der Waals surface area (Å²) in [7, 11) is 0. The smallest absolute Gasteiger partial charge is 0.232 e. The molecule has 11 heteroatoms. The van der Waals surface area contributed by atoms with E-state index in [2.05, 4.69) is 30.1 Å². The molecule has 0 atom stereocenters. The largest absolute Gasteiger partial charge is 0.336 e. The minimum atomic E-state index is -0.552. The molecular weight excluding hydrogens is 503 g/mol. The first-order valence-corrected chi connectivity index (χ1v) is 12.8. The molecule has 8 bridgehead atoms. The van der Waals surface area contributed by atoms with Gasteiger partial charge in [-0.2, -0.15) is 5.10 Å². The highest BCUT2D eigenvalue weighted by atomic mass is 32.1. The zero-order chi connectivity index (χ0) is 26.2. The lowest BCUT2D eigenvalue weighted by Gasteiger charge is -2.18. The molecular formula is C27H21FN8OS. The first-order chi connectivity index (χ1) is 18.3. The normalized spacial score (nSPS) is 12.4. The highest BCUT2D eigenvalue weighted by Crippen LogP contribution is 2.31. The van der Waals surface area contributed by atoms with Crippen LogP contribution < -0.4 is 0 Å². The quantitative estimate of drug-likeness (QED) is 0.255. The van der Waals surface area contributed by atoms with Crippen LogP contribution in [0.1, 0.15) is 32.0 Å². The monoisotopic (exact) mass is 524 g/mol. The van der Waals surface area contributed by atoms with Gasteiger partial charge in [-0.3, -0.25) is 29.4 Å². The summed E-state index contributed by atoms with van der Waals surface area (Å²) in [5.74, 6) is -0.646. The van der Waals surface area contributed by atoms with Crippen molar-refractivity contribution >= 4 is 81.8 Å². The molecule has 0 spiro atoms. The molecule has 9 nitrogen and oxygen atoms in total. The fourth-order valence-corrected chi connectivity index (χ4v) is 5.80. The Morgan fingerprint density at radius 2 is 1.89 bits per heavy atom.